The topological polar surface area (TPSA) is 107 Å². The average molecular weight is 549 g/mol. The summed E-state index contributed by atoms with van der Waals surface area (Å²) in [6, 6.07) is 13.4. The second-order valence-electron chi connectivity index (χ2n) is 10.3. The number of likely N-dealkylation sites (N-methyl/N-ethyl adjacent to an activating group) is 1. The third-order valence-electron chi connectivity index (χ3n) is 7.32. The van der Waals surface area contributed by atoms with Crippen molar-refractivity contribution in [1.29, 1.82) is 0 Å². The summed E-state index contributed by atoms with van der Waals surface area (Å²) in [5, 5.41) is 3.27. The number of anilines is 3. The van der Waals surface area contributed by atoms with Crippen LogP contribution in [0.15, 0.2) is 48.7 Å². The molecule has 10 heteroatoms. The van der Waals surface area contributed by atoms with Crippen molar-refractivity contribution < 1.29 is 18.9 Å². The first-order valence-electron chi connectivity index (χ1n) is 14.0. The summed E-state index contributed by atoms with van der Waals surface area (Å²) in [5.41, 5.74) is 9.36. The van der Waals surface area contributed by atoms with E-state index in [9.17, 15) is 0 Å². The predicted molar refractivity (Wildman–Crippen MR) is 157 cm³/mol. The molecule has 214 valence electrons. The molecule has 0 aliphatic carbocycles. The molecule has 40 heavy (non-hydrogen) atoms. The van der Waals surface area contributed by atoms with Gasteiger partial charge in [-0.1, -0.05) is 0 Å². The van der Waals surface area contributed by atoms with E-state index < -0.39 is 0 Å². The number of rotatable bonds is 11. The Balaban J connectivity index is 1.17. The van der Waals surface area contributed by atoms with Crippen molar-refractivity contribution in [3.05, 3.63) is 48.7 Å². The summed E-state index contributed by atoms with van der Waals surface area (Å²) in [6.45, 7) is 7.62. The number of benzene rings is 2. The van der Waals surface area contributed by atoms with Crippen molar-refractivity contribution in [3.63, 3.8) is 0 Å². The Morgan fingerprint density at radius 3 is 2.58 bits per heavy atom. The molecule has 0 spiro atoms. The quantitative estimate of drug-likeness (QED) is 0.269. The van der Waals surface area contributed by atoms with Crippen LogP contribution in [0.1, 0.15) is 19.3 Å². The van der Waals surface area contributed by atoms with E-state index in [-0.39, 0.29) is 6.10 Å². The molecule has 2 aliphatic heterocycles. The molecule has 1 aromatic heterocycles. The van der Waals surface area contributed by atoms with Gasteiger partial charge in [0, 0.05) is 69.1 Å². The first-order chi connectivity index (χ1) is 19.6. The zero-order valence-electron chi connectivity index (χ0n) is 23.5. The minimum atomic E-state index is 0.132. The predicted octanol–water partition coefficient (Wildman–Crippen LogP) is 4.05. The zero-order valence-corrected chi connectivity index (χ0v) is 23.5. The molecule has 2 fully saturated rings. The van der Waals surface area contributed by atoms with Crippen LogP contribution in [0.4, 0.5) is 17.3 Å². The van der Waals surface area contributed by atoms with Crippen molar-refractivity contribution in [2.75, 3.05) is 77.8 Å². The van der Waals surface area contributed by atoms with Gasteiger partial charge in [0.25, 0.3) is 0 Å². The second-order valence-corrected chi connectivity index (χ2v) is 10.3. The number of nitrogens with two attached hydrogens (primary N) is 1. The van der Waals surface area contributed by atoms with Crippen LogP contribution in [-0.2, 0) is 4.74 Å². The number of aromatic nitrogens is 2. The fourth-order valence-corrected chi connectivity index (χ4v) is 4.90. The molecule has 0 amide bonds. The maximum atomic E-state index is 6.32. The van der Waals surface area contributed by atoms with Gasteiger partial charge in [-0.05, 0) is 49.9 Å². The summed E-state index contributed by atoms with van der Waals surface area (Å²) in [7, 11) is 3.82. The van der Waals surface area contributed by atoms with E-state index in [2.05, 4.69) is 27.1 Å². The Bertz CT molecular complexity index is 1240. The Hall–Kier alpha value is -3.60. The maximum absolute atomic E-state index is 6.32. The van der Waals surface area contributed by atoms with Gasteiger partial charge < -0.3 is 39.8 Å². The van der Waals surface area contributed by atoms with Crippen LogP contribution in [-0.4, -0.2) is 92.6 Å². The van der Waals surface area contributed by atoms with Gasteiger partial charge in [0.2, 0.25) is 5.95 Å². The monoisotopic (exact) mass is 548 g/mol. The zero-order chi connectivity index (χ0) is 27.7. The fraction of sp³-hybridized carbons (Fsp3) is 0.467. The van der Waals surface area contributed by atoms with Crippen LogP contribution in [0.2, 0.25) is 0 Å². The normalized spacial score (nSPS) is 16.9. The fourth-order valence-electron chi connectivity index (χ4n) is 4.90. The van der Waals surface area contributed by atoms with Crippen LogP contribution in [0.3, 0.4) is 0 Å². The van der Waals surface area contributed by atoms with Gasteiger partial charge in [-0.15, -0.1) is 0 Å². The molecule has 3 heterocycles. The number of hydrogen-bond donors (Lipinski definition) is 2. The highest BCUT2D eigenvalue weighted by molar-refractivity contribution is 5.69. The Morgan fingerprint density at radius 1 is 1.00 bits per heavy atom. The third kappa shape index (κ3) is 7.53. The largest absolute Gasteiger partial charge is 0.493 e. The van der Waals surface area contributed by atoms with Crippen LogP contribution in [0.5, 0.6) is 17.2 Å². The highest BCUT2D eigenvalue weighted by Gasteiger charge is 2.17. The molecule has 10 nitrogen and oxygen atoms in total. The minimum Gasteiger partial charge on any atom is -0.493 e. The third-order valence-corrected chi connectivity index (χ3v) is 7.32. The lowest BCUT2D eigenvalue weighted by Crippen LogP contribution is -2.44. The second kappa shape index (κ2) is 13.6. The summed E-state index contributed by atoms with van der Waals surface area (Å²) in [4.78, 5) is 14.0. The number of methoxy groups -OCH3 is 1. The molecule has 0 bridgehead atoms. The van der Waals surface area contributed by atoms with Gasteiger partial charge in [-0.3, -0.25) is 0 Å². The molecule has 0 atom stereocenters. The lowest BCUT2D eigenvalue weighted by atomic mass is 10.1. The van der Waals surface area contributed by atoms with E-state index >= 15 is 0 Å². The molecule has 5 rings (SSSR count). The SMILES string of the molecule is COc1cc(Nc2nccc(-c3ccc(OC4CCOCC4)c(N)c3)n2)ccc1OCCCN1CCN(C)CC1. The van der Waals surface area contributed by atoms with Crippen molar-refractivity contribution in [2.24, 2.45) is 0 Å². The molecular formula is C30H40N6O4. The number of nitrogen functional groups attached to an aromatic ring is 1. The molecule has 2 aliphatic rings. The van der Waals surface area contributed by atoms with Gasteiger partial charge in [0.15, 0.2) is 11.5 Å². The molecule has 0 radical (unpaired) electrons. The lowest BCUT2D eigenvalue weighted by Gasteiger charge is -2.32. The Morgan fingerprint density at radius 2 is 1.80 bits per heavy atom. The van der Waals surface area contributed by atoms with Crippen LogP contribution >= 0.6 is 0 Å². The molecule has 0 saturated carbocycles. The van der Waals surface area contributed by atoms with Crippen molar-refractivity contribution in [1.82, 2.24) is 19.8 Å². The van der Waals surface area contributed by atoms with Crippen molar-refractivity contribution in [3.8, 4) is 28.5 Å². The summed E-state index contributed by atoms with van der Waals surface area (Å²) >= 11 is 0. The van der Waals surface area contributed by atoms with E-state index in [1.807, 2.05) is 42.5 Å². The molecule has 2 saturated heterocycles. The number of nitrogens with one attached hydrogen (secondary N) is 1. The average Bonchev–Trinajstić information content (AvgIpc) is 2.98. The van der Waals surface area contributed by atoms with Gasteiger partial charge in [-0.2, -0.15) is 0 Å². The van der Waals surface area contributed by atoms with Gasteiger partial charge in [-0.25, -0.2) is 9.97 Å². The van der Waals surface area contributed by atoms with Crippen LogP contribution in [0, 0.1) is 0 Å². The standard InChI is InChI=1S/C30H40N6O4/c1-35-13-15-36(16-14-35)12-3-17-39-28-7-5-23(21-29(28)37-2)33-30-32-11-8-26(34-30)22-4-6-27(25(31)20-22)40-24-9-18-38-19-10-24/h4-8,11,20-21,24H,3,9-10,12-19,31H2,1-2H3,(H,32,33,34). The molecule has 3 N–H and O–H groups in total. The van der Waals surface area contributed by atoms with Gasteiger partial charge >= 0.3 is 0 Å². The van der Waals surface area contributed by atoms with E-state index in [4.69, 9.17) is 29.7 Å². The van der Waals surface area contributed by atoms with Gasteiger partial charge in [0.1, 0.15) is 11.9 Å². The Kier molecular flexibility index (Phi) is 9.54. The maximum Gasteiger partial charge on any atom is 0.227 e. The van der Waals surface area contributed by atoms with Crippen molar-refractivity contribution >= 4 is 17.3 Å². The first kappa shape index (κ1) is 27.9. The summed E-state index contributed by atoms with van der Waals surface area (Å²) in [6.07, 6.45) is 4.57. The highest BCUT2D eigenvalue weighted by atomic mass is 16.5. The van der Waals surface area contributed by atoms with E-state index in [1.54, 1.807) is 13.3 Å². The van der Waals surface area contributed by atoms with Crippen LogP contribution < -0.4 is 25.3 Å². The van der Waals surface area contributed by atoms with E-state index in [1.165, 1.54) is 0 Å². The Labute approximate surface area is 236 Å². The number of ether oxygens (including phenoxy) is 4. The molecule has 0 unspecified atom stereocenters. The summed E-state index contributed by atoms with van der Waals surface area (Å²) in [5.74, 6) is 2.55. The molecular weight excluding hydrogens is 508 g/mol. The van der Waals surface area contributed by atoms with Crippen LogP contribution in [0.25, 0.3) is 11.3 Å². The molecule has 2 aromatic carbocycles. The summed E-state index contributed by atoms with van der Waals surface area (Å²) < 4.78 is 23.2. The first-order valence-corrected chi connectivity index (χ1v) is 14.0. The van der Waals surface area contributed by atoms with Gasteiger partial charge in [0.05, 0.1) is 38.3 Å². The van der Waals surface area contributed by atoms with E-state index in [0.717, 1.165) is 87.9 Å². The number of nitrogens with zero attached hydrogens (tertiary/aromatic N) is 4. The van der Waals surface area contributed by atoms with Crippen molar-refractivity contribution in [2.45, 2.75) is 25.4 Å². The van der Waals surface area contributed by atoms with E-state index in [0.29, 0.717) is 29.7 Å². The minimum absolute atomic E-state index is 0.132. The number of hydrogen-bond acceptors (Lipinski definition) is 10. The number of piperazine rings is 1. The smallest absolute Gasteiger partial charge is 0.227 e. The highest BCUT2D eigenvalue weighted by Crippen LogP contribution is 2.32. The molecule has 3 aromatic rings. The lowest BCUT2D eigenvalue weighted by molar-refractivity contribution is 0.0259.